The Morgan fingerprint density at radius 1 is 1.14 bits per heavy atom. The maximum atomic E-state index is 12.6. The summed E-state index contributed by atoms with van der Waals surface area (Å²) in [6.07, 6.45) is 9.53. The van der Waals surface area contributed by atoms with Crippen LogP contribution in [-0.2, 0) is 19.3 Å². The fraction of sp³-hybridized carbons (Fsp3) is 0.607. The highest BCUT2D eigenvalue weighted by Crippen LogP contribution is 2.45. The molecule has 0 aliphatic heterocycles. The third kappa shape index (κ3) is 7.64. The monoisotopic (exact) mass is 524 g/mol. The van der Waals surface area contributed by atoms with Crippen LogP contribution in [0.3, 0.4) is 0 Å². The number of hydrogen-bond donors (Lipinski definition) is 0. The zero-order valence-corrected chi connectivity index (χ0v) is 23.4. The van der Waals surface area contributed by atoms with Gasteiger partial charge in [0.1, 0.15) is 5.60 Å². The van der Waals surface area contributed by atoms with Crippen LogP contribution in [0.2, 0.25) is 0 Å². The Kier molecular flexibility index (Phi) is 12.1. The number of allylic oxidation sites excluding steroid dienone is 2. The summed E-state index contributed by atoms with van der Waals surface area (Å²) in [5.74, 6) is 1.27. The molecule has 1 saturated carbocycles. The molecule has 7 nitrogen and oxygen atoms in total. The first-order valence-corrected chi connectivity index (χ1v) is 12.9. The van der Waals surface area contributed by atoms with Crippen molar-refractivity contribution in [2.24, 2.45) is 11.8 Å². The second-order valence-electron chi connectivity index (χ2n) is 9.50. The van der Waals surface area contributed by atoms with Crippen molar-refractivity contribution in [3.63, 3.8) is 0 Å². The standard InChI is InChI=1S/C28H41ClO7/c1-19(2)10-8-11-20(3)26-22(31-4)12-9-15-28(26,18-29)36-35-25(30)14-13-21-16-23(32-5)27(34-7)24(17-21)33-6/h10,13-14,16-17,20,22,26H,8-9,11-12,15,18H2,1-7H3/b14-13+. The second kappa shape index (κ2) is 14.5. The van der Waals surface area contributed by atoms with Gasteiger partial charge in [-0.05, 0) is 75.6 Å². The molecule has 0 radical (unpaired) electrons. The zero-order valence-electron chi connectivity index (χ0n) is 22.6. The van der Waals surface area contributed by atoms with E-state index in [2.05, 4.69) is 26.8 Å². The highest BCUT2D eigenvalue weighted by molar-refractivity contribution is 6.18. The Balaban J connectivity index is 2.17. The number of benzene rings is 1. The molecule has 4 unspecified atom stereocenters. The van der Waals surface area contributed by atoms with Gasteiger partial charge in [-0.2, -0.15) is 4.89 Å². The lowest BCUT2D eigenvalue weighted by molar-refractivity contribution is -0.352. The number of alkyl halides is 1. The molecule has 36 heavy (non-hydrogen) atoms. The van der Waals surface area contributed by atoms with Crippen molar-refractivity contribution >= 4 is 23.6 Å². The first kappa shape index (κ1) is 30.0. The highest BCUT2D eigenvalue weighted by Gasteiger charge is 2.50. The van der Waals surface area contributed by atoms with Gasteiger partial charge >= 0.3 is 5.97 Å². The van der Waals surface area contributed by atoms with Gasteiger partial charge < -0.3 is 18.9 Å². The Morgan fingerprint density at radius 2 is 1.81 bits per heavy atom. The molecule has 8 heteroatoms. The third-order valence-corrected chi connectivity index (χ3v) is 7.25. The van der Waals surface area contributed by atoms with Gasteiger partial charge in [0.2, 0.25) is 5.75 Å². The molecular formula is C28H41ClO7. The van der Waals surface area contributed by atoms with Crippen LogP contribution in [0.5, 0.6) is 17.2 Å². The van der Waals surface area contributed by atoms with Gasteiger partial charge in [-0.1, -0.05) is 18.6 Å². The number of ether oxygens (including phenoxy) is 4. The van der Waals surface area contributed by atoms with Crippen molar-refractivity contribution in [1.82, 2.24) is 0 Å². The van der Waals surface area contributed by atoms with E-state index in [1.54, 1.807) is 25.3 Å². The molecule has 0 aromatic heterocycles. The number of rotatable bonds is 13. The van der Waals surface area contributed by atoms with Gasteiger partial charge in [-0.15, -0.1) is 11.6 Å². The van der Waals surface area contributed by atoms with Gasteiger partial charge in [0.15, 0.2) is 11.5 Å². The summed E-state index contributed by atoms with van der Waals surface area (Å²) >= 11 is 6.49. The number of carbonyl (C=O) groups excluding carboxylic acids is 1. The van der Waals surface area contributed by atoms with E-state index in [0.29, 0.717) is 29.2 Å². The minimum Gasteiger partial charge on any atom is -0.493 e. The molecular weight excluding hydrogens is 484 g/mol. The van der Waals surface area contributed by atoms with Gasteiger partial charge in [-0.25, -0.2) is 4.79 Å². The molecule has 202 valence electrons. The van der Waals surface area contributed by atoms with Crippen LogP contribution in [0.15, 0.2) is 29.9 Å². The molecule has 0 amide bonds. The summed E-state index contributed by atoms with van der Waals surface area (Å²) in [4.78, 5) is 23.8. The summed E-state index contributed by atoms with van der Waals surface area (Å²) in [5.41, 5.74) is 1.15. The van der Waals surface area contributed by atoms with Crippen molar-refractivity contribution in [3.8, 4) is 17.2 Å². The third-order valence-electron chi connectivity index (χ3n) is 6.80. The molecule has 0 spiro atoms. The molecule has 0 saturated heterocycles. The van der Waals surface area contributed by atoms with Crippen LogP contribution in [0.25, 0.3) is 6.08 Å². The first-order valence-electron chi connectivity index (χ1n) is 12.3. The maximum Gasteiger partial charge on any atom is 0.365 e. The van der Waals surface area contributed by atoms with Crippen molar-refractivity contribution in [1.29, 1.82) is 0 Å². The molecule has 0 heterocycles. The average molecular weight is 525 g/mol. The normalized spacial score (nSPS) is 22.7. The van der Waals surface area contributed by atoms with Crippen molar-refractivity contribution < 1.29 is 33.5 Å². The largest absolute Gasteiger partial charge is 0.493 e. The van der Waals surface area contributed by atoms with Crippen LogP contribution in [-0.4, -0.2) is 52.0 Å². The average Bonchev–Trinajstić information content (AvgIpc) is 2.89. The molecule has 1 aromatic rings. The smallest absolute Gasteiger partial charge is 0.365 e. The van der Waals surface area contributed by atoms with E-state index in [1.807, 2.05) is 0 Å². The molecule has 1 fully saturated rings. The van der Waals surface area contributed by atoms with E-state index >= 15 is 0 Å². The van der Waals surface area contributed by atoms with Crippen LogP contribution in [0.1, 0.15) is 58.4 Å². The second-order valence-corrected chi connectivity index (χ2v) is 9.77. The summed E-state index contributed by atoms with van der Waals surface area (Å²) < 4.78 is 21.9. The number of methoxy groups -OCH3 is 4. The van der Waals surface area contributed by atoms with Crippen molar-refractivity contribution in [3.05, 3.63) is 35.4 Å². The van der Waals surface area contributed by atoms with Crippen molar-refractivity contribution in [2.45, 2.75) is 64.6 Å². The Hall–Kier alpha value is -2.22. The summed E-state index contributed by atoms with van der Waals surface area (Å²) in [6.45, 7) is 6.39. The topological polar surface area (TPSA) is 72.5 Å². The van der Waals surface area contributed by atoms with E-state index in [0.717, 1.165) is 25.7 Å². The molecule has 1 aliphatic rings. The fourth-order valence-electron chi connectivity index (χ4n) is 5.04. The number of hydrogen-bond acceptors (Lipinski definition) is 7. The van der Waals surface area contributed by atoms with Gasteiger partial charge in [-0.3, -0.25) is 4.89 Å². The molecule has 0 bridgehead atoms. The molecule has 0 N–H and O–H groups in total. The lowest BCUT2D eigenvalue weighted by Gasteiger charge is -2.47. The Bertz CT molecular complexity index is 884. The first-order chi connectivity index (χ1) is 17.2. The van der Waals surface area contributed by atoms with E-state index in [9.17, 15) is 4.79 Å². The SMILES string of the molecule is COc1cc(/C=C/C(=O)OOC2(CCl)CCCC(OC)C2C(C)CCC=C(C)C)cc(OC)c1OC. The Morgan fingerprint density at radius 3 is 2.33 bits per heavy atom. The molecule has 1 aromatic carbocycles. The predicted molar refractivity (Wildman–Crippen MR) is 142 cm³/mol. The lowest BCUT2D eigenvalue weighted by Crippen LogP contribution is -2.54. The predicted octanol–water partition coefficient (Wildman–Crippen LogP) is 6.38. The van der Waals surface area contributed by atoms with Gasteiger partial charge in [0.25, 0.3) is 0 Å². The fourth-order valence-corrected chi connectivity index (χ4v) is 5.40. The minimum absolute atomic E-state index is 0.00815. The zero-order chi connectivity index (χ0) is 26.7. The molecule has 4 atom stereocenters. The van der Waals surface area contributed by atoms with Crippen molar-refractivity contribution in [2.75, 3.05) is 34.3 Å². The Labute approximate surface area is 220 Å². The minimum atomic E-state index is -0.819. The molecule has 2 rings (SSSR count). The van der Waals surface area contributed by atoms with E-state index in [4.69, 9.17) is 40.3 Å². The summed E-state index contributed by atoms with van der Waals surface area (Å²) in [6, 6.07) is 3.47. The van der Waals surface area contributed by atoms with Crippen LogP contribution >= 0.6 is 11.6 Å². The maximum absolute atomic E-state index is 12.6. The summed E-state index contributed by atoms with van der Waals surface area (Å²) in [5, 5.41) is 0. The van der Waals surface area contributed by atoms with Crippen LogP contribution in [0, 0.1) is 11.8 Å². The van der Waals surface area contributed by atoms with Gasteiger partial charge in [0, 0.05) is 19.1 Å². The highest BCUT2D eigenvalue weighted by atomic mass is 35.5. The number of carbonyl (C=O) groups is 1. The lowest BCUT2D eigenvalue weighted by atomic mass is 9.67. The number of halogens is 1. The quantitative estimate of drug-likeness (QED) is 0.0974. The van der Waals surface area contributed by atoms with E-state index in [1.165, 1.54) is 33.0 Å². The van der Waals surface area contributed by atoms with E-state index < -0.39 is 11.6 Å². The van der Waals surface area contributed by atoms with E-state index in [-0.39, 0.29) is 23.8 Å². The van der Waals surface area contributed by atoms with Gasteiger partial charge in [0.05, 0.1) is 33.3 Å². The summed E-state index contributed by atoms with van der Waals surface area (Å²) in [7, 11) is 6.32. The molecule has 1 aliphatic carbocycles. The van der Waals surface area contributed by atoms with Crippen LogP contribution < -0.4 is 14.2 Å². The van der Waals surface area contributed by atoms with Crippen LogP contribution in [0.4, 0.5) is 0 Å².